The molecule has 0 radical (unpaired) electrons. The Hall–Kier alpha value is -3.83. The molecule has 0 aromatic heterocycles. The fourth-order valence-corrected chi connectivity index (χ4v) is 3.68. The van der Waals surface area contributed by atoms with Crippen molar-refractivity contribution < 1.29 is 28.5 Å². The Morgan fingerprint density at radius 1 is 1.00 bits per heavy atom. The molecular formula is C27H30N2O6. The van der Waals surface area contributed by atoms with E-state index in [0.29, 0.717) is 29.2 Å². The predicted octanol–water partition coefficient (Wildman–Crippen LogP) is 4.00. The van der Waals surface area contributed by atoms with Crippen LogP contribution in [0.1, 0.15) is 40.7 Å². The number of nitriles is 1. The van der Waals surface area contributed by atoms with Crippen LogP contribution in [0, 0.1) is 11.3 Å². The minimum Gasteiger partial charge on any atom is -0.493 e. The first-order valence-corrected chi connectivity index (χ1v) is 11.5. The maximum atomic E-state index is 12.6. The van der Waals surface area contributed by atoms with Gasteiger partial charge in [0.25, 0.3) is 5.91 Å². The van der Waals surface area contributed by atoms with Gasteiger partial charge in [-0.3, -0.25) is 4.79 Å². The van der Waals surface area contributed by atoms with Gasteiger partial charge in [-0.2, -0.15) is 5.26 Å². The fourth-order valence-electron chi connectivity index (χ4n) is 3.68. The molecule has 0 unspecified atom stereocenters. The molecule has 1 aliphatic rings. The van der Waals surface area contributed by atoms with E-state index in [1.54, 1.807) is 18.2 Å². The Kier molecular flexibility index (Phi) is 9.69. The lowest BCUT2D eigenvalue weighted by Gasteiger charge is -2.26. The summed E-state index contributed by atoms with van der Waals surface area (Å²) in [4.78, 5) is 26.6. The van der Waals surface area contributed by atoms with Crippen LogP contribution < -0.4 is 9.47 Å². The molecule has 0 spiro atoms. The lowest BCUT2D eigenvalue weighted by molar-refractivity contribution is -0.139. The molecule has 1 amide bonds. The van der Waals surface area contributed by atoms with Gasteiger partial charge in [0.2, 0.25) is 0 Å². The first kappa shape index (κ1) is 25.8. The highest BCUT2D eigenvalue weighted by atomic mass is 16.6. The largest absolute Gasteiger partial charge is 0.493 e. The normalized spacial score (nSPS) is 13.6. The predicted molar refractivity (Wildman–Crippen MR) is 130 cm³/mol. The van der Waals surface area contributed by atoms with E-state index in [1.807, 2.05) is 35.2 Å². The molecule has 2 aromatic carbocycles. The van der Waals surface area contributed by atoms with Gasteiger partial charge in [0.15, 0.2) is 11.5 Å². The van der Waals surface area contributed by atoms with Gasteiger partial charge in [0.1, 0.15) is 24.9 Å². The minimum atomic E-state index is -0.717. The van der Waals surface area contributed by atoms with Crippen molar-refractivity contribution in [3.63, 3.8) is 0 Å². The van der Waals surface area contributed by atoms with Crippen LogP contribution in [0.3, 0.4) is 0 Å². The average molecular weight is 479 g/mol. The topological polar surface area (TPSA) is 98.1 Å². The van der Waals surface area contributed by atoms with Gasteiger partial charge < -0.3 is 23.8 Å². The molecule has 0 saturated carbocycles. The maximum absolute atomic E-state index is 12.6. The number of carbonyl (C=O) groups excluding carboxylic acids is 2. The average Bonchev–Trinajstić information content (AvgIpc) is 2.91. The van der Waals surface area contributed by atoms with Gasteiger partial charge in [-0.1, -0.05) is 18.2 Å². The molecule has 35 heavy (non-hydrogen) atoms. The molecular weight excluding hydrogens is 448 g/mol. The fraction of sp³-hybridized carbons (Fsp3) is 0.370. The van der Waals surface area contributed by atoms with Gasteiger partial charge in [-0.05, 0) is 60.7 Å². The lowest BCUT2D eigenvalue weighted by atomic mass is 10.1. The molecule has 1 fully saturated rings. The van der Waals surface area contributed by atoms with E-state index in [0.717, 1.165) is 31.5 Å². The Labute approximate surface area is 205 Å². The molecule has 0 atom stereocenters. The van der Waals surface area contributed by atoms with Crippen LogP contribution in [0.4, 0.5) is 0 Å². The highest BCUT2D eigenvalue weighted by Crippen LogP contribution is 2.30. The first-order valence-electron chi connectivity index (χ1n) is 11.5. The second-order valence-electron chi connectivity index (χ2n) is 8.05. The van der Waals surface area contributed by atoms with E-state index < -0.39 is 5.97 Å². The monoisotopic (exact) mass is 478 g/mol. The number of esters is 1. The Bertz CT molecular complexity index is 1080. The van der Waals surface area contributed by atoms with E-state index in [2.05, 4.69) is 0 Å². The second kappa shape index (κ2) is 13.2. The number of ether oxygens (including phenoxy) is 4. The number of likely N-dealkylation sites (tertiary alicyclic amines) is 1. The van der Waals surface area contributed by atoms with Gasteiger partial charge in [0.05, 0.1) is 13.7 Å². The van der Waals surface area contributed by atoms with Gasteiger partial charge in [0, 0.05) is 25.8 Å². The molecule has 0 bridgehead atoms. The first-order chi connectivity index (χ1) is 17.0. The molecule has 1 saturated heterocycles. The van der Waals surface area contributed by atoms with Crippen molar-refractivity contribution in [2.45, 2.75) is 25.9 Å². The van der Waals surface area contributed by atoms with E-state index in [4.69, 9.17) is 18.9 Å². The Morgan fingerprint density at radius 2 is 1.74 bits per heavy atom. The number of methoxy groups -OCH3 is 2. The summed E-state index contributed by atoms with van der Waals surface area (Å²) in [5, 5.41) is 9.30. The molecule has 0 aliphatic carbocycles. The molecule has 1 aliphatic heterocycles. The molecule has 0 N–H and O–H groups in total. The number of amides is 1. The van der Waals surface area contributed by atoms with Crippen LogP contribution in [-0.4, -0.2) is 57.3 Å². The van der Waals surface area contributed by atoms with Gasteiger partial charge >= 0.3 is 5.97 Å². The number of piperidine rings is 1. The van der Waals surface area contributed by atoms with Crippen molar-refractivity contribution in [2.75, 3.05) is 40.5 Å². The maximum Gasteiger partial charge on any atom is 0.348 e. The van der Waals surface area contributed by atoms with Crippen LogP contribution in [0.15, 0.2) is 48.0 Å². The molecule has 8 nitrogen and oxygen atoms in total. The van der Waals surface area contributed by atoms with Crippen molar-refractivity contribution in [3.05, 3.63) is 64.7 Å². The molecule has 184 valence electrons. The third kappa shape index (κ3) is 7.33. The quantitative estimate of drug-likeness (QED) is 0.220. The third-order valence-electron chi connectivity index (χ3n) is 5.60. The standard InChI is InChI=1S/C27H30N2O6/c1-32-14-15-34-27(31)23(18-28)16-21-8-11-24(25(17-21)33-2)35-19-20-6-9-22(10-7-20)26(30)29-12-4-3-5-13-29/h6-11,16-17H,3-5,12-15,19H2,1-2H3. The van der Waals surface area contributed by atoms with Gasteiger partial charge in [-0.15, -0.1) is 0 Å². The number of nitrogens with zero attached hydrogens (tertiary/aromatic N) is 2. The smallest absolute Gasteiger partial charge is 0.348 e. The van der Waals surface area contributed by atoms with Crippen LogP contribution in [0.5, 0.6) is 11.5 Å². The summed E-state index contributed by atoms with van der Waals surface area (Å²) in [6.07, 6.45) is 4.73. The zero-order valence-electron chi connectivity index (χ0n) is 20.1. The number of hydrogen-bond acceptors (Lipinski definition) is 7. The summed E-state index contributed by atoms with van der Waals surface area (Å²) in [6, 6.07) is 14.4. The Balaban J connectivity index is 1.63. The van der Waals surface area contributed by atoms with E-state index in [-0.39, 0.29) is 24.7 Å². The molecule has 1 heterocycles. The van der Waals surface area contributed by atoms with Crippen LogP contribution >= 0.6 is 0 Å². The summed E-state index contributed by atoms with van der Waals surface area (Å²) >= 11 is 0. The zero-order valence-corrected chi connectivity index (χ0v) is 20.1. The van der Waals surface area contributed by atoms with Crippen LogP contribution in [-0.2, 0) is 20.9 Å². The third-order valence-corrected chi connectivity index (χ3v) is 5.60. The van der Waals surface area contributed by atoms with Gasteiger partial charge in [-0.25, -0.2) is 4.79 Å². The van der Waals surface area contributed by atoms with E-state index in [1.165, 1.54) is 26.7 Å². The summed E-state index contributed by atoms with van der Waals surface area (Å²) in [5.41, 5.74) is 2.06. The van der Waals surface area contributed by atoms with Crippen molar-refractivity contribution in [1.29, 1.82) is 5.26 Å². The molecule has 8 heteroatoms. The van der Waals surface area contributed by atoms with Crippen molar-refractivity contribution >= 4 is 18.0 Å². The summed E-state index contributed by atoms with van der Waals surface area (Å²) in [6.45, 7) is 2.25. The Morgan fingerprint density at radius 3 is 2.40 bits per heavy atom. The van der Waals surface area contributed by atoms with E-state index in [9.17, 15) is 14.9 Å². The van der Waals surface area contributed by atoms with Crippen molar-refractivity contribution in [3.8, 4) is 17.6 Å². The summed E-state index contributed by atoms with van der Waals surface area (Å²) in [7, 11) is 3.01. The highest BCUT2D eigenvalue weighted by molar-refractivity contribution is 5.98. The number of benzene rings is 2. The molecule has 2 aromatic rings. The molecule has 3 rings (SSSR count). The summed E-state index contributed by atoms with van der Waals surface area (Å²) in [5.74, 6) is 0.327. The van der Waals surface area contributed by atoms with Crippen molar-refractivity contribution in [1.82, 2.24) is 4.90 Å². The van der Waals surface area contributed by atoms with Crippen molar-refractivity contribution in [2.24, 2.45) is 0 Å². The van der Waals surface area contributed by atoms with Crippen LogP contribution in [0.2, 0.25) is 0 Å². The van der Waals surface area contributed by atoms with E-state index >= 15 is 0 Å². The zero-order chi connectivity index (χ0) is 25.0. The highest BCUT2D eigenvalue weighted by Gasteiger charge is 2.18. The summed E-state index contributed by atoms with van der Waals surface area (Å²) < 4.78 is 21.2. The lowest BCUT2D eigenvalue weighted by Crippen LogP contribution is -2.35. The second-order valence-corrected chi connectivity index (χ2v) is 8.05. The minimum absolute atomic E-state index is 0.0673. The number of rotatable bonds is 10. The number of carbonyl (C=O) groups is 2. The number of hydrogen-bond donors (Lipinski definition) is 0. The SMILES string of the molecule is COCCOC(=O)C(C#N)=Cc1ccc(OCc2ccc(C(=O)N3CCCCC3)cc2)c(OC)c1. The van der Waals surface area contributed by atoms with Crippen LogP contribution in [0.25, 0.3) is 6.08 Å².